The van der Waals surface area contributed by atoms with E-state index in [-0.39, 0.29) is 35.5 Å². The summed E-state index contributed by atoms with van der Waals surface area (Å²) in [7, 11) is -3.54. The summed E-state index contributed by atoms with van der Waals surface area (Å²) in [5.41, 5.74) is -0.919. The average molecular weight is 459 g/mol. The lowest BCUT2D eigenvalue weighted by Gasteiger charge is -2.25. The van der Waals surface area contributed by atoms with Crippen LogP contribution in [0.25, 0.3) is 0 Å². The maximum Gasteiger partial charge on any atom is 0.325 e. The second-order valence-corrected chi connectivity index (χ2v) is 11.0. The Kier molecular flexibility index (Phi) is 6.80. The fraction of sp³-hybridized carbons (Fsp3) is 0.611. The minimum atomic E-state index is -3.54. The summed E-state index contributed by atoms with van der Waals surface area (Å²) in [6, 6.07) is 2.79. The van der Waals surface area contributed by atoms with Gasteiger partial charge in [-0.05, 0) is 32.4 Å². The van der Waals surface area contributed by atoms with Crippen LogP contribution in [0, 0.1) is 0 Å². The highest BCUT2D eigenvalue weighted by Crippen LogP contribution is 2.25. The number of nitrogens with one attached hydrogen (secondary N) is 2. The molecule has 2 aliphatic rings. The number of carbonyl (C=O) groups excluding carboxylic acids is 3. The Balaban J connectivity index is 1.44. The van der Waals surface area contributed by atoms with E-state index in [1.54, 1.807) is 26.0 Å². The Bertz CT molecular complexity index is 921. The maximum atomic E-state index is 12.6. The van der Waals surface area contributed by atoms with Crippen LogP contribution in [0.5, 0.6) is 0 Å². The van der Waals surface area contributed by atoms with E-state index in [9.17, 15) is 22.8 Å². The van der Waals surface area contributed by atoms with Crippen LogP contribution in [-0.2, 0) is 30.9 Å². The standard InChI is InChI=1S/C18H26N4O6S2/c1-18(2)16(24)22(17(25)20-18)7-3-4-14(23)19-12-13-5-6-15(29-13)30(26,27)21-8-10-28-11-9-21/h5-6H,3-4,7-12H2,1-2H3,(H,19,23)(H,20,25). The molecule has 166 valence electrons. The summed E-state index contributed by atoms with van der Waals surface area (Å²) in [5, 5.41) is 5.34. The monoisotopic (exact) mass is 458 g/mol. The number of amides is 4. The van der Waals surface area contributed by atoms with E-state index in [2.05, 4.69) is 10.6 Å². The Labute approximate surface area is 179 Å². The first-order chi connectivity index (χ1) is 14.1. The van der Waals surface area contributed by atoms with E-state index in [0.717, 1.165) is 21.1 Å². The van der Waals surface area contributed by atoms with Gasteiger partial charge in [0.1, 0.15) is 9.75 Å². The Morgan fingerprint density at radius 2 is 1.97 bits per heavy atom. The topological polar surface area (TPSA) is 125 Å². The largest absolute Gasteiger partial charge is 0.379 e. The molecule has 0 saturated carbocycles. The number of nitrogens with zero attached hydrogens (tertiary/aromatic N) is 2. The quantitative estimate of drug-likeness (QED) is 0.547. The third kappa shape index (κ3) is 4.99. The highest BCUT2D eigenvalue weighted by Gasteiger charge is 2.43. The molecule has 0 unspecified atom stereocenters. The zero-order chi connectivity index (χ0) is 21.9. The van der Waals surface area contributed by atoms with Gasteiger partial charge < -0.3 is 15.4 Å². The van der Waals surface area contributed by atoms with Crippen LogP contribution >= 0.6 is 11.3 Å². The molecule has 0 radical (unpaired) electrons. The molecular formula is C18H26N4O6S2. The highest BCUT2D eigenvalue weighted by molar-refractivity contribution is 7.91. The predicted octanol–water partition coefficient (Wildman–Crippen LogP) is 0.496. The Morgan fingerprint density at radius 1 is 1.27 bits per heavy atom. The predicted molar refractivity (Wildman–Crippen MR) is 109 cm³/mol. The second-order valence-electron chi connectivity index (χ2n) is 7.63. The highest BCUT2D eigenvalue weighted by atomic mass is 32.2. The lowest BCUT2D eigenvalue weighted by atomic mass is 10.1. The number of thiophene rings is 1. The Hall–Kier alpha value is -2.02. The molecule has 3 rings (SSSR count). The lowest BCUT2D eigenvalue weighted by Crippen LogP contribution is -2.40. The van der Waals surface area contributed by atoms with Crippen molar-refractivity contribution in [3.63, 3.8) is 0 Å². The molecule has 3 heterocycles. The number of rotatable bonds is 8. The number of hydrogen-bond acceptors (Lipinski definition) is 7. The van der Waals surface area contributed by atoms with Gasteiger partial charge in [-0.25, -0.2) is 13.2 Å². The van der Waals surface area contributed by atoms with Gasteiger partial charge in [0.25, 0.3) is 15.9 Å². The van der Waals surface area contributed by atoms with Crippen LogP contribution in [0.4, 0.5) is 4.79 Å². The molecule has 1 aromatic rings. The van der Waals surface area contributed by atoms with Crippen molar-refractivity contribution in [1.82, 2.24) is 19.8 Å². The van der Waals surface area contributed by atoms with Crippen LogP contribution in [0.15, 0.2) is 16.3 Å². The van der Waals surface area contributed by atoms with E-state index in [0.29, 0.717) is 32.7 Å². The molecule has 12 heteroatoms. The van der Waals surface area contributed by atoms with Crippen molar-refractivity contribution in [2.75, 3.05) is 32.8 Å². The second kappa shape index (κ2) is 9.00. The zero-order valence-corrected chi connectivity index (χ0v) is 18.6. The fourth-order valence-electron chi connectivity index (χ4n) is 3.20. The van der Waals surface area contributed by atoms with Crippen molar-refractivity contribution in [3.8, 4) is 0 Å². The van der Waals surface area contributed by atoms with Gasteiger partial charge in [-0.3, -0.25) is 14.5 Å². The maximum absolute atomic E-state index is 12.6. The zero-order valence-electron chi connectivity index (χ0n) is 17.0. The summed E-state index contributed by atoms with van der Waals surface area (Å²) >= 11 is 1.13. The molecule has 2 fully saturated rings. The number of hydrogen-bond donors (Lipinski definition) is 2. The lowest BCUT2D eigenvalue weighted by molar-refractivity contribution is -0.130. The summed E-state index contributed by atoms with van der Waals surface area (Å²) in [5.74, 6) is -0.534. The molecule has 0 atom stereocenters. The number of ether oxygens (including phenoxy) is 1. The van der Waals surface area contributed by atoms with Gasteiger partial charge in [0, 0.05) is 30.9 Å². The third-order valence-electron chi connectivity index (χ3n) is 4.89. The first-order valence-corrected chi connectivity index (χ1v) is 11.9. The number of morpholine rings is 1. The minimum absolute atomic E-state index is 0.155. The van der Waals surface area contributed by atoms with E-state index in [4.69, 9.17) is 4.74 Å². The summed E-state index contributed by atoms with van der Waals surface area (Å²) in [4.78, 5) is 37.9. The van der Waals surface area contributed by atoms with Gasteiger partial charge in [-0.2, -0.15) is 4.31 Å². The van der Waals surface area contributed by atoms with Crippen molar-refractivity contribution in [1.29, 1.82) is 0 Å². The summed E-state index contributed by atoms with van der Waals surface area (Å²) in [6.07, 6.45) is 0.504. The van der Waals surface area contributed by atoms with Crippen molar-refractivity contribution in [2.45, 2.75) is 43.0 Å². The molecule has 0 bridgehead atoms. The molecule has 4 amide bonds. The van der Waals surface area contributed by atoms with Crippen LogP contribution in [0.2, 0.25) is 0 Å². The van der Waals surface area contributed by atoms with Crippen molar-refractivity contribution in [3.05, 3.63) is 17.0 Å². The molecule has 2 N–H and O–H groups in total. The minimum Gasteiger partial charge on any atom is -0.379 e. The number of carbonyl (C=O) groups is 3. The Morgan fingerprint density at radius 3 is 2.60 bits per heavy atom. The average Bonchev–Trinajstić information content (AvgIpc) is 3.26. The van der Waals surface area contributed by atoms with E-state index < -0.39 is 21.6 Å². The van der Waals surface area contributed by atoms with Crippen molar-refractivity contribution < 1.29 is 27.5 Å². The van der Waals surface area contributed by atoms with Gasteiger partial charge in [0.05, 0.1) is 19.8 Å². The molecule has 30 heavy (non-hydrogen) atoms. The molecule has 1 aromatic heterocycles. The normalized spacial score (nSPS) is 19.7. The number of urea groups is 1. The molecule has 2 aliphatic heterocycles. The molecule has 0 aromatic carbocycles. The molecule has 0 spiro atoms. The number of sulfonamides is 1. The van der Waals surface area contributed by atoms with Crippen molar-refractivity contribution in [2.24, 2.45) is 0 Å². The molecule has 10 nitrogen and oxygen atoms in total. The molecule has 0 aliphatic carbocycles. The van der Waals surface area contributed by atoms with Gasteiger partial charge in [-0.1, -0.05) is 0 Å². The first kappa shape index (κ1) is 22.7. The van der Waals surface area contributed by atoms with Crippen molar-refractivity contribution >= 4 is 39.2 Å². The molecular weight excluding hydrogens is 432 g/mol. The number of imide groups is 1. The van der Waals surface area contributed by atoms with Gasteiger partial charge >= 0.3 is 6.03 Å². The van der Waals surface area contributed by atoms with Gasteiger partial charge in [-0.15, -0.1) is 11.3 Å². The van der Waals surface area contributed by atoms with E-state index >= 15 is 0 Å². The van der Waals surface area contributed by atoms with Gasteiger partial charge in [0.2, 0.25) is 5.91 Å². The summed E-state index contributed by atoms with van der Waals surface area (Å²) < 4.78 is 32.1. The van der Waals surface area contributed by atoms with Crippen LogP contribution < -0.4 is 10.6 Å². The van der Waals surface area contributed by atoms with E-state index in [1.807, 2.05) is 0 Å². The smallest absolute Gasteiger partial charge is 0.325 e. The van der Waals surface area contributed by atoms with Crippen LogP contribution in [0.1, 0.15) is 31.6 Å². The molecule has 2 saturated heterocycles. The van der Waals surface area contributed by atoms with Crippen LogP contribution in [0.3, 0.4) is 0 Å². The van der Waals surface area contributed by atoms with Gasteiger partial charge in [0.15, 0.2) is 0 Å². The first-order valence-electron chi connectivity index (χ1n) is 9.69. The fourth-order valence-corrected chi connectivity index (χ4v) is 6.06. The third-order valence-corrected chi connectivity index (χ3v) is 8.34. The van der Waals surface area contributed by atoms with Crippen LogP contribution in [-0.4, -0.2) is 73.9 Å². The summed E-state index contributed by atoms with van der Waals surface area (Å²) in [6.45, 7) is 5.09. The SMILES string of the molecule is CC1(C)NC(=O)N(CCCC(=O)NCc2ccc(S(=O)(=O)N3CCOCC3)s2)C1=O. The van der Waals surface area contributed by atoms with E-state index in [1.165, 1.54) is 4.31 Å².